The highest BCUT2D eigenvalue weighted by Gasteiger charge is 2.25. The summed E-state index contributed by atoms with van der Waals surface area (Å²) in [6.45, 7) is 7.18. The highest BCUT2D eigenvalue weighted by atomic mass is 16.2. The summed E-state index contributed by atoms with van der Waals surface area (Å²) in [5.41, 5.74) is 3.16. The Morgan fingerprint density at radius 1 is 1.08 bits per heavy atom. The molecule has 0 radical (unpaired) electrons. The van der Waals surface area contributed by atoms with Crippen molar-refractivity contribution in [2.45, 2.75) is 52.5 Å². The zero-order chi connectivity index (χ0) is 18.8. The van der Waals surface area contributed by atoms with Crippen LogP contribution in [0.5, 0.6) is 0 Å². The lowest BCUT2D eigenvalue weighted by Gasteiger charge is -2.24. The molecule has 2 aromatic rings. The van der Waals surface area contributed by atoms with E-state index in [1.807, 2.05) is 25.8 Å². The molecule has 1 aliphatic heterocycles. The van der Waals surface area contributed by atoms with E-state index in [1.165, 1.54) is 10.7 Å². The second-order valence-corrected chi connectivity index (χ2v) is 7.09. The highest BCUT2D eigenvalue weighted by Crippen LogP contribution is 2.24. The van der Waals surface area contributed by atoms with E-state index in [2.05, 4.69) is 10.2 Å². The van der Waals surface area contributed by atoms with Gasteiger partial charge >= 0.3 is 0 Å². The van der Waals surface area contributed by atoms with Crippen LogP contribution in [-0.4, -0.2) is 43.5 Å². The molecule has 7 heteroatoms. The Kier molecular flexibility index (Phi) is 5.25. The smallest absolute Gasteiger partial charge is 0.267 e. The lowest BCUT2D eigenvalue weighted by Crippen LogP contribution is -2.40. The molecule has 7 nitrogen and oxygen atoms in total. The van der Waals surface area contributed by atoms with Crippen molar-refractivity contribution in [3.8, 4) is 11.3 Å². The van der Waals surface area contributed by atoms with Crippen molar-refractivity contribution in [2.24, 2.45) is 7.05 Å². The summed E-state index contributed by atoms with van der Waals surface area (Å²) in [5, 5.41) is 8.94. The van der Waals surface area contributed by atoms with Crippen molar-refractivity contribution in [1.82, 2.24) is 24.5 Å². The van der Waals surface area contributed by atoms with Crippen LogP contribution in [0.3, 0.4) is 0 Å². The van der Waals surface area contributed by atoms with Gasteiger partial charge in [-0.2, -0.15) is 10.2 Å². The van der Waals surface area contributed by atoms with E-state index >= 15 is 0 Å². The topological polar surface area (TPSA) is 73.0 Å². The molecule has 1 fully saturated rings. The molecule has 1 saturated heterocycles. The van der Waals surface area contributed by atoms with Gasteiger partial charge in [0, 0.05) is 37.5 Å². The third kappa shape index (κ3) is 3.43. The average molecular weight is 357 g/mol. The number of nitrogens with zero attached hydrogens (tertiary/aromatic N) is 5. The van der Waals surface area contributed by atoms with Gasteiger partial charge in [-0.3, -0.25) is 14.3 Å². The number of hydrogen-bond acceptors (Lipinski definition) is 4. The predicted molar refractivity (Wildman–Crippen MR) is 99.9 cm³/mol. The van der Waals surface area contributed by atoms with Crippen LogP contribution in [0.2, 0.25) is 0 Å². The van der Waals surface area contributed by atoms with E-state index in [0.29, 0.717) is 5.69 Å². The van der Waals surface area contributed by atoms with Crippen LogP contribution in [-0.2, 0) is 11.8 Å². The SMILES string of the molecule is Cc1nn(C)c(C)c1-c1ccc(=O)n(C(C)C(=O)N2CCCCCC2)n1. The molecule has 1 unspecified atom stereocenters. The molecular formula is C19H27N5O2. The van der Waals surface area contributed by atoms with Crippen molar-refractivity contribution in [1.29, 1.82) is 0 Å². The minimum absolute atomic E-state index is 0.0294. The monoisotopic (exact) mass is 357 g/mol. The molecule has 0 bridgehead atoms. The van der Waals surface area contributed by atoms with Crippen LogP contribution in [0.25, 0.3) is 11.3 Å². The zero-order valence-corrected chi connectivity index (χ0v) is 16.0. The first-order valence-corrected chi connectivity index (χ1v) is 9.29. The van der Waals surface area contributed by atoms with Crippen LogP contribution in [0.4, 0.5) is 0 Å². The van der Waals surface area contributed by atoms with Crippen LogP contribution in [0, 0.1) is 13.8 Å². The summed E-state index contributed by atoms with van der Waals surface area (Å²) in [4.78, 5) is 27.2. The number of aromatic nitrogens is 4. The van der Waals surface area contributed by atoms with Crippen LogP contribution in [0.15, 0.2) is 16.9 Å². The maximum atomic E-state index is 12.9. The molecule has 3 heterocycles. The lowest BCUT2D eigenvalue weighted by atomic mass is 10.1. The van der Waals surface area contributed by atoms with Gasteiger partial charge in [-0.1, -0.05) is 12.8 Å². The van der Waals surface area contributed by atoms with Gasteiger partial charge in [0.05, 0.1) is 11.4 Å². The molecule has 0 aliphatic carbocycles. The molecule has 1 atom stereocenters. The van der Waals surface area contributed by atoms with Gasteiger partial charge < -0.3 is 4.90 Å². The molecule has 0 aromatic carbocycles. The molecule has 0 N–H and O–H groups in total. The normalized spacial score (nSPS) is 16.4. The summed E-state index contributed by atoms with van der Waals surface area (Å²) >= 11 is 0. The van der Waals surface area contributed by atoms with Gasteiger partial charge in [0.15, 0.2) is 0 Å². The summed E-state index contributed by atoms with van der Waals surface area (Å²) in [5.74, 6) is -0.0294. The first kappa shape index (κ1) is 18.4. The minimum atomic E-state index is -0.613. The molecule has 140 valence electrons. The Labute approximate surface area is 153 Å². The number of carbonyl (C=O) groups excluding carboxylic acids is 1. The molecule has 0 saturated carbocycles. The van der Waals surface area contributed by atoms with Gasteiger partial charge in [0.1, 0.15) is 6.04 Å². The Morgan fingerprint density at radius 2 is 1.73 bits per heavy atom. The second kappa shape index (κ2) is 7.43. The summed E-state index contributed by atoms with van der Waals surface area (Å²) in [7, 11) is 1.88. The van der Waals surface area contributed by atoms with Gasteiger partial charge in [0.25, 0.3) is 5.56 Å². The Hall–Kier alpha value is -2.44. The van der Waals surface area contributed by atoms with Gasteiger partial charge in [-0.15, -0.1) is 0 Å². The van der Waals surface area contributed by atoms with Gasteiger partial charge in [-0.05, 0) is 39.7 Å². The van der Waals surface area contributed by atoms with Gasteiger partial charge in [-0.25, -0.2) is 4.68 Å². The van der Waals surface area contributed by atoms with E-state index in [4.69, 9.17) is 0 Å². The molecule has 1 aliphatic rings. The number of hydrogen-bond donors (Lipinski definition) is 0. The summed E-state index contributed by atoms with van der Waals surface area (Å²) in [6.07, 6.45) is 4.36. The van der Waals surface area contributed by atoms with E-state index in [-0.39, 0.29) is 11.5 Å². The van der Waals surface area contributed by atoms with E-state index in [0.717, 1.165) is 55.7 Å². The fourth-order valence-corrected chi connectivity index (χ4v) is 3.64. The van der Waals surface area contributed by atoms with Crippen LogP contribution in [0.1, 0.15) is 50.0 Å². The fraction of sp³-hybridized carbons (Fsp3) is 0.579. The predicted octanol–water partition coefficient (Wildman–Crippen LogP) is 2.22. The van der Waals surface area contributed by atoms with Crippen molar-refractivity contribution < 1.29 is 4.79 Å². The number of amides is 1. The number of carbonyl (C=O) groups is 1. The third-order valence-corrected chi connectivity index (χ3v) is 5.23. The fourth-order valence-electron chi connectivity index (χ4n) is 3.64. The van der Waals surface area contributed by atoms with E-state index < -0.39 is 6.04 Å². The van der Waals surface area contributed by atoms with Crippen LogP contribution < -0.4 is 5.56 Å². The maximum absolute atomic E-state index is 12.9. The Morgan fingerprint density at radius 3 is 2.31 bits per heavy atom. The standard InChI is InChI=1S/C19H27N5O2/c1-13-18(14(2)22(4)20-13)16-9-10-17(25)24(21-16)15(3)19(26)23-11-7-5-6-8-12-23/h9-10,15H,5-8,11-12H2,1-4H3. The minimum Gasteiger partial charge on any atom is -0.341 e. The van der Waals surface area contributed by atoms with E-state index in [1.54, 1.807) is 17.7 Å². The Bertz CT molecular complexity index is 859. The van der Waals surface area contributed by atoms with Gasteiger partial charge in [0.2, 0.25) is 5.91 Å². The quantitative estimate of drug-likeness (QED) is 0.844. The molecule has 0 spiro atoms. The van der Waals surface area contributed by atoms with Crippen molar-refractivity contribution >= 4 is 5.91 Å². The maximum Gasteiger partial charge on any atom is 0.267 e. The average Bonchev–Trinajstić information content (AvgIpc) is 2.82. The van der Waals surface area contributed by atoms with Crippen molar-refractivity contribution in [2.75, 3.05) is 13.1 Å². The Balaban J connectivity index is 1.94. The molecule has 3 rings (SSSR count). The van der Waals surface area contributed by atoms with Crippen molar-refractivity contribution in [3.63, 3.8) is 0 Å². The summed E-state index contributed by atoms with van der Waals surface area (Å²) in [6, 6.07) is 2.58. The first-order valence-electron chi connectivity index (χ1n) is 9.29. The number of aryl methyl sites for hydroxylation is 2. The number of rotatable bonds is 3. The largest absolute Gasteiger partial charge is 0.341 e. The van der Waals surface area contributed by atoms with Crippen LogP contribution >= 0.6 is 0 Å². The van der Waals surface area contributed by atoms with Crippen molar-refractivity contribution in [3.05, 3.63) is 33.9 Å². The lowest BCUT2D eigenvalue weighted by molar-refractivity contribution is -0.134. The zero-order valence-electron chi connectivity index (χ0n) is 16.0. The molecular weight excluding hydrogens is 330 g/mol. The second-order valence-electron chi connectivity index (χ2n) is 7.09. The first-order chi connectivity index (χ1) is 12.4. The van der Waals surface area contributed by atoms with E-state index in [9.17, 15) is 9.59 Å². The number of likely N-dealkylation sites (tertiary alicyclic amines) is 1. The summed E-state index contributed by atoms with van der Waals surface area (Å²) < 4.78 is 3.11. The molecule has 1 amide bonds. The highest BCUT2D eigenvalue weighted by molar-refractivity contribution is 5.80. The molecule has 26 heavy (non-hydrogen) atoms. The molecule has 2 aromatic heterocycles. The third-order valence-electron chi connectivity index (χ3n) is 5.23.